The molecule has 0 spiro atoms. The summed E-state index contributed by atoms with van der Waals surface area (Å²) in [6.45, 7) is 5.00. The summed E-state index contributed by atoms with van der Waals surface area (Å²) >= 11 is 6.26. The highest BCUT2D eigenvalue weighted by molar-refractivity contribution is 6.35. The lowest BCUT2D eigenvalue weighted by Gasteiger charge is -2.22. The van der Waals surface area contributed by atoms with E-state index in [4.69, 9.17) is 16.3 Å². The normalized spacial score (nSPS) is 12.7. The molecule has 2 heterocycles. The van der Waals surface area contributed by atoms with E-state index in [0.717, 1.165) is 11.1 Å². The van der Waals surface area contributed by atoms with Gasteiger partial charge in [0.1, 0.15) is 17.9 Å². The molecule has 0 fully saturated rings. The van der Waals surface area contributed by atoms with E-state index in [9.17, 15) is 9.59 Å². The molecule has 26 heavy (non-hydrogen) atoms. The Morgan fingerprint density at radius 2 is 2.00 bits per heavy atom. The summed E-state index contributed by atoms with van der Waals surface area (Å²) in [6, 6.07) is 9.01. The molecule has 1 aromatic heterocycles. The molecular formula is C20H17ClN2O3. The van der Waals surface area contributed by atoms with Crippen LogP contribution in [0.4, 0.5) is 5.69 Å². The summed E-state index contributed by atoms with van der Waals surface area (Å²) < 4.78 is 7.46. The first-order valence-corrected chi connectivity index (χ1v) is 8.70. The Labute approximate surface area is 155 Å². The SMILES string of the molecule is Cc1ccc(NC(=O)c2cn3c4c(ccc(Cl)c4c2=O)OCC3)cc1C. The molecule has 0 atom stereocenters. The third kappa shape index (κ3) is 2.65. The van der Waals surface area contributed by atoms with Gasteiger partial charge in [-0.25, -0.2) is 0 Å². The van der Waals surface area contributed by atoms with Gasteiger partial charge in [-0.05, 0) is 49.2 Å². The van der Waals surface area contributed by atoms with E-state index >= 15 is 0 Å². The largest absolute Gasteiger partial charge is 0.490 e. The molecule has 2 aromatic carbocycles. The minimum atomic E-state index is -0.447. The molecule has 1 aliphatic rings. The van der Waals surface area contributed by atoms with Crippen molar-refractivity contribution in [3.8, 4) is 5.75 Å². The van der Waals surface area contributed by atoms with Crippen molar-refractivity contribution in [2.75, 3.05) is 11.9 Å². The zero-order valence-corrected chi connectivity index (χ0v) is 15.2. The lowest BCUT2D eigenvalue weighted by Crippen LogP contribution is -2.26. The number of ether oxygens (including phenoxy) is 1. The number of hydrogen-bond acceptors (Lipinski definition) is 3. The van der Waals surface area contributed by atoms with Gasteiger partial charge >= 0.3 is 0 Å². The highest BCUT2D eigenvalue weighted by Crippen LogP contribution is 2.32. The molecular weight excluding hydrogens is 352 g/mol. The maximum atomic E-state index is 12.9. The molecule has 0 bridgehead atoms. The summed E-state index contributed by atoms with van der Waals surface area (Å²) in [4.78, 5) is 25.7. The Balaban J connectivity index is 1.83. The Morgan fingerprint density at radius 3 is 2.77 bits per heavy atom. The van der Waals surface area contributed by atoms with Gasteiger partial charge in [-0.2, -0.15) is 0 Å². The van der Waals surface area contributed by atoms with Crippen LogP contribution in [0.15, 0.2) is 41.3 Å². The zero-order chi connectivity index (χ0) is 18.4. The molecule has 1 aliphatic heterocycles. The molecule has 0 saturated heterocycles. The number of nitrogens with zero attached hydrogens (tertiary/aromatic N) is 1. The van der Waals surface area contributed by atoms with Crippen molar-refractivity contribution < 1.29 is 9.53 Å². The summed E-state index contributed by atoms with van der Waals surface area (Å²) in [5.41, 5.74) is 3.16. The van der Waals surface area contributed by atoms with Crippen LogP contribution in [0.25, 0.3) is 10.9 Å². The third-order valence-corrected chi connectivity index (χ3v) is 5.05. The maximum absolute atomic E-state index is 12.9. The van der Waals surface area contributed by atoms with Crippen LogP contribution in [0.3, 0.4) is 0 Å². The summed E-state index contributed by atoms with van der Waals surface area (Å²) in [5, 5.41) is 3.44. The number of rotatable bonds is 2. The number of amides is 1. The predicted octanol–water partition coefficient (Wildman–Crippen LogP) is 3.92. The molecule has 0 unspecified atom stereocenters. The lowest BCUT2D eigenvalue weighted by molar-refractivity contribution is 0.102. The predicted molar refractivity (Wildman–Crippen MR) is 103 cm³/mol. The van der Waals surface area contributed by atoms with Crippen LogP contribution < -0.4 is 15.5 Å². The minimum Gasteiger partial charge on any atom is -0.490 e. The quantitative estimate of drug-likeness (QED) is 0.745. The second-order valence-corrected chi connectivity index (χ2v) is 6.84. The van der Waals surface area contributed by atoms with Gasteiger partial charge in [0.2, 0.25) is 5.43 Å². The van der Waals surface area contributed by atoms with Crippen molar-refractivity contribution in [3.63, 3.8) is 0 Å². The molecule has 5 nitrogen and oxygen atoms in total. The smallest absolute Gasteiger partial charge is 0.261 e. The van der Waals surface area contributed by atoms with Crippen molar-refractivity contribution in [3.05, 3.63) is 68.5 Å². The molecule has 1 amide bonds. The Kier molecular flexibility index (Phi) is 3.96. The standard InChI is InChI=1S/C20H17ClN2O3/c1-11-3-4-13(9-12(11)2)22-20(25)14-10-23-7-8-26-16-6-5-15(21)17(18(16)23)19(14)24/h3-6,9-10H,7-8H2,1-2H3,(H,22,25). The zero-order valence-electron chi connectivity index (χ0n) is 14.4. The van der Waals surface area contributed by atoms with Crippen LogP contribution >= 0.6 is 11.6 Å². The molecule has 0 saturated carbocycles. The van der Waals surface area contributed by atoms with Gasteiger partial charge < -0.3 is 14.6 Å². The van der Waals surface area contributed by atoms with Crippen molar-refractivity contribution in [1.82, 2.24) is 4.57 Å². The molecule has 6 heteroatoms. The first-order valence-electron chi connectivity index (χ1n) is 8.33. The summed E-state index contributed by atoms with van der Waals surface area (Å²) in [6.07, 6.45) is 1.59. The van der Waals surface area contributed by atoms with Gasteiger partial charge in [0.05, 0.1) is 22.5 Å². The van der Waals surface area contributed by atoms with E-state index in [-0.39, 0.29) is 5.56 Å². The number of pyridine rings is 1. The number of aryl methyl sites for hydroxylation is 2. The number of halogens is 1. The first kappa shape index (κ1) is 16.7. The van der Waals surface area contributed by atoms with Gasteiger partial charge in [-0.1, -0.05) is 17.7 Å². The van der Waals surface area contributed by atoms with E-state index in [2.05, 4.69) is 5.32 Å². The average Bonchev–Trinajstić information content (AvgIpc) is 2.62. The highest BCUT2D eigenvalue weighted by atomic mass is 35.5. The number of benzene rings is 2. The number of anilines is 1. The van der Waals surface area contributed by atoms with E-state index in [1.54, 1.807) is 18.3 Å². The van der Waals surface area contributed by atoms with Gasteiger partial charge in [-0.15, -0.1) is 0 Å². The second kappa shape index (κ2) is 6.18. The highest BCUT2D eigenvalue weighted by Gasteiger charge is 2.22. The fourth-order valence-corrected chi connectivity index (χ4v) is 3.43. The molecule has 4 rings (SSSR count). The molecule has 132 valence electrons. The van der Waals surface area contributed by atoms with Crippen LogP contribution in [-0.4, -0.2) is 17.1 Å². The molecule has 3 aromatic rings. The lowest BCUT2D eigenvalue weighted by atomic mass is 10.1. The van der Waals surface area contributed by atoms with Gasteiger partial charge in [0, 0.05) is 11.9 Å². The van der Waals surface area contributed by atoms with Crippen molar-refractivity contribution in [2.45, 2.75) is 20.4 Å². The van der Waals surface area contributed by atoms with Crippen LogP contribution in [0, 0.1) is 13.8 Å². The number of nitrogens with one attached hydrogen (secondary N) is 1. The van der Waals surface area contributed by atoms with Crippen LogP contribution in [0.2, 0.25) is 5.02 Å². The van der Waals surface area contributed by atoms with Gasteiger partial charge in [0.15, 0.2) is 0 Å². The number of carbonyl (C=O) groups is 1. The van der Waals surface area contributed by atoms with E-state index in [1.165, 1.54) is 0 Å². The number of carbonyl (C=O) groups excluding carboxylic acids is 1. The van der Waals surface area contributed by atoms with E-state index in [1.807, 2.05) is 36.6 Å². The Bertz CT molecular complexity index is 1120. The van der Waals surface area contributed by atoms with E-state index < -0.39 is 11.3 Å². The fourth-order valence-electron chi connectivity index (χ4n) is 3.19. The molecule has 0 aliphatic carbocycles. The number of hydrogen-bond donors (Lipinski definition) is 1. The van der Waals surface area contributed by atoms with E-state index in [0.29, 0.717) is 40.5 Å². The first-order chi connectivity index (χ1) is 12.5. The van der Waals surface area contributed by atoms with Crippen molar-refractivity contribution >= 4 is 34.1 Å². The van der Waals surface area contributed by atoms with Crippen LogP contribution in [0.5, 0.6) is 5.75 Å². The molecule has 1 N–H and O–H groups in total. The minimum absolute atomic E-state index is 0.0664. The van der Waals surface area contributed by atoms with Gasteiger partial charge in [-0.3, -0.25) is 9.59 Å². The van der Waals surface area contributed by atoms with Crippen LogP contribution in [0.1, 0.15) is 21.5 Å². The Hall–Kier alpha value is -2.79. The fraction of sp³-hybridized carbons (Fsp3) is 0.200. The summed E-state index contributed by atoms with van der Waals surface area (Å²) in [7, 11) is 0. The van der Waals surface area contributed by atoms with Crippen molar-refractivity contribution in [1.29, 1.82) is 0 Å². The monoisotopic (exact) mass is 368 g/mol. The van der Waals surface area contributed by atoms with Crippen molar-refractivity contribution in [2.24, 2.45) is 0 Å². The Morgan fingerprint density at radius 1 is 1.19 bits per heavy atom. The average molecular weight is 369 g/mol. The third-order valence-electron chi connectivity index (χ3n) is 4.73. The molecule has 0 radical (unpaired) electrons. The van der Waals surface area contributed by atoms with Crippen LogP contribution in [-0.2, 0) is 6.54 Å². The maximum Gasteiger partial charge on any atom is 0.261 e. The topological polar surface area (TPSA) is 60.3 Å². The summed E-state index contributed by atoms with van der Waals surface area (Å²) in [5.74, 6) is 0.158. The van der Waals surface area contributed by atoms with Gasteiger partial charge in [0.25, 0.3) is 5.91 Å². The second-order valence-electron chi connectivity index (χ2n) is 6.44. The number of aromatic nitrogens is 1.